The number of amides is 1. The van der Waals surface area contributed by atoms with Crippen LogP contribution in [0.15, 0.2) is 46.6 Å². The summed E-state index contributed by atoms with van der Waals surface area (Å²) in [4.78, 5) is 25.8. The number of thiazole rings is 1. The molecule has 1 N–H and O–H groups in total. The second kappa shape index (κ2) is 7.11. The highest BCUT2D eigenvalue weighted by Crippen LogP contribution is 2.15. The number of carbonyl (C=O) groups is 1. The number of halogens is 1. The molecule has 1 amide bonds. The highest BCUT2D eigenvalue weighted by atomic mass is 32.1. The first-order valence-corrected chi connectivity index (χ1v) is 8.99. The van der Waals surface area contributed by atoms with Crippen molar-refractivity contribution in [1.29, 1.82) is 0 Å². The minimum atomic E-state index is -0.318. The highest BCUT2D eigenvalue weighted by molar-refractivity contribution is 7.11. The SMILES string of the molecule is Cc1c(C(=O)NCc2cccs2)sc(=O)n1Cc1ccc(F)cc1. The summed E-state index contributed by atoms with van der Waals surface area (Å²) in [5.41, 5.74) is 1.43. The summed E-state index contributed by atoms with van der Waals surface area (Å²) in [6, 6.07) is 9.85. The van der Waals surface area contributed by atoms with Gasteiger partial charge < -0.3 is 5.32 Å². The predicted molar refractivity (Wildman–Crippen MR) is 94.3 cm³/mol. The summed E-state index contributed by atoms with van der Waals surface area (Å²) in [5, 5.41) is 4.78. The molecule has 0 fully saturated rings. The van der Waals surface area contributed by atoms with E-state index in [1.807, 2.05) is 17.5 Å². The zero-order valence-corrected chi connectivity index (χ0v) is 14.5. The molecule has 3 rings (SSSR count). The first-order chi connectivity index (χ1) is 11.5. The molecule has 0 atom stereocenters. The van der Waals surface area contributed by atoms with Crippen molar-refractivity contribution in [2.24, 2.45) is 0 Å². The minimum Gasteiger partial charge on any atom is -0.346 e. The van der Waals surface area contributed by atoms with Crippen molar-refractivity contribution in [1.82, 2.24) is 9.88 Å². The number of aromatic nitrogens is 1. The molecule has 2 aromatic heterocycles. The number of rotatable bonds is 5. The molecule has 1 aromatic carbocycles. The van der Waals surface area contributed by atoms with Gasteiger partial charge in [-0.2, -0.15) is 0 Å². The molecular formula is C17H15FN2O2S2. The van der Waals surface area contributed by atoms with Crippen LogP contribution in [0.1, 0.15) is 25.8 Å². The van der Waals surface area contributed by atoms with Crippen molar-refractivity contribution >= 4 is 28.6 Å². The predicted octanol–water partition coefficient (Wildman–Crippen LogP) is 3.40. The standard InChI is InChI=1S/C17H15FN2O2S2/c1-11-15(16(21)19-9-14-3-2-8-23-14)24-17(22)20(11)10-12-4-6-13(18)7-5-12/h2-8H,9-10H2,1H3,(H,19,21). The number of hydrogen-bond acceptors (Lipinski definition) is 4. The molecule has 0 radical (unpaired) electrons. The molecule has 7 heteroatoms. The number of carbonyl (C=O) groups excluding carboxylic acids is 1. The summed E-state index contributed by atoms with van der Waals surface area (Å²) < 4.78 is 14.5. The Hall–Kier alpha value is -2.25. The third kappa shape index (κ3) is 3.63. The van der Waals surface area contributed by atoms with E-state index in [0.29, 0.717) is 23.7 Å². The molecule has 0 unspecified atom stereocenters. The Kier molecular flexibility index (Phi) is 4.92. The Balaban J connectivity index is 1.77. The summed E-state index contributed by atoms with van der Waals surface area (Å²) in [7, 11) is 0. The monoisotopic (exact) mass is 362 g/mol. The molecule has 2 heterocycles. The first-order valence-electron chi connectivity index (χ1n) is 7.30. The molecule has 0 spiro atoms. The summed E-state index contributed by atoms with van der Waals surface area (Å²) in [6.07, 6.45) is 0. The molecule has 124 valence electrons. The van der Waals surface area contributed by atoms with E-state index in [2.05, 4.69) is 5.32 Å². The fourth-order valence-corrected chi connectivity index (χ4v) is 3.86. The quantitative estimate of drug-likeness (QED) is 0.756. The van der Waals surface area contributed by atoms with Gasteiger partial charge in [-0.25, -0.2) is 4.39 Å². The van der Waals surface area contributed by atoms with E-state index in [0.717, 1.165) is 21.8 Å². The Morgan fingerprint density at radius 1 is 1.25 bits per heavy atom. The zero-order valence-electron chi connectivity index (χ0n) is 12.9. The molecule has 24 heavy (non-hydrogen) atoms. The highest BCUT2D eigenvalue weighted by Gasteiger charge is 2.17. The third-order valence-electron chi connectivity index (χ3n) is 3.61. The van der Waals surface area contributed by atoms with Crippen molar-refractivity contribution in [3.63, 3.8) is 0 Å². The van der Waals surface area contributed by atoms with Crippen LogP contribution in [0.25, 0.3) is 0 Å². The second-order valence-electron chi connectivity index (χ2n) is 5.26. The third-order valence-corrected chi connectivity index (χ3v) is 5.56. The topological polar surface area (TPSA) is 51.1 Å². The van der Waals surface area contributed by atoms with Crippen LogP contribution in [0.2, 0.25) is 0 Å². The molecular weight excluding hydrogens is 347 g/mol. The smallest absolute Gasteiger partial charge is 0.308 e. The Morgan fingerprint density at radius 3 is 2.67 bits per heavy atom. The van der Waals surface area contributed by atoms with E-state index in [-0.39, 0.29) is 16.6 Å². The molecule has 0 saturated carbocycles. The lowest BCUT2D eigenvalue weighted by atomic mass is 10.2. The number of nitrogens with one attached hydrogen (secondary N) is 1. The van der Waals surface area contributed by atoms with Gasteiger partial charge in [-0.05, 0) is 36.1 Å². The Bertz CT molecular complexity index is 896. The van der Waals surface area contributed by atoms with Crippen molar-refractivity contribution in [2.45, 2.75) is 20.0 Å². The second-order valence-corrected chi connectivity index (χ2v) is 7.25. The van der Waals surface area contributed by atoms with E-state index < -0.39 is 0 Å². The van der Waals surface area contributed by atoms with Crippen LogP contribution in [-0.2, 0) is 13.1 Å². The van der Waals surface area contributed by atoms with E-state index >= 15 is 0 Å². The van der Waals surface area contributed by atoms with Gasteiger partial charge in [0.25, 0.3) is 5.91 Å². The number of nitrogens with zero attached hydrogens (tertiary/aromatic N) is 1. The van der Waals surface area contributed by atoms with Gasteiger partial charge in [0, 0.05) is 10.6 Å². The lowest BCUT2D eigenvalue weighted by Crippen LogP contribution is -2.22. The van der Waals surface area contributed by atoms with Crippen LogP contribution in [0.4, 0.5) is 4.39 Å². The van der Waals surface area contributed by atoms with Crippen molar-refractivity contribution < 1.29 is 9.18 Å². The maximum Gasteiger partial charge on any atom is 0.308 e. The van der Waals surface area contributed by atoms with Gasteiger partial charge in [0.2, 0.25) is 0 Å². The number of benzene rings is 1. The van der Waals surface area contributed by atoms with Gasteiger partial charge >= 0.3 is 4.87 Å². The largest absolute Gasteiger partial charge is 0.346 e. The fraction of sp³-hybridized carbons (Fsp3) is 0.176. The molecule has 0 aliphatic rings. The number of thiophene rings is 1. The lowest BCUT2D eigenvalue weighted by Gasteiger charge is -2.06. The van der Waals surface area contributed by atoms with Crippen LogP contribution >= 0.6 is 22.7 Å². The van der Waals surface area contributed by atoms with Gasteiger partial charge in [0.1, 0.15) is 10.7 Å². The molecule has 0 bridgehead atoms. The summed E-state index contributed by atoms with van der Waals surface area (Å²) >= 11 is 2.50. The first kappa shape index (κ1) is 16.6. The van der Waals surface area contributed by atoms with Gasteiger partial charge in [-0.1, -0.05) is 29.5 Å². The van der Waals surface area contributed by atoms with E-state index in [1.54, 1.807) is 30.4 Å². The Labute approximate surface area is 146 Å². The average molecular weight is 362 g/mol. The van der Waals surface area contributed by atoms with E-state index in [1.165, 1.54) is 16.7 Å². The van der Waals surface area contributed by atoms with Crippen LogP contribution in [-0.4, -0.2) is 10.5 Å². The molecule has 4 nitrogen and oxygen atoms in total. The summed E-state index contributed by atoms with van der Waals surface area (Å²) in [6.45, 7) is 2.52. The van der Waals surface area contributed by atoms with Gasteiger partial charge in [-0.15, -0.1) is 11.3 Å². The van der Waals surface area contributed by atoms with Crippen LogP contribution in [0.3, 0.4) is 0 Å². The molecule has 3 aromatic rings. The van der Waals surface area contributed by atoms with Crippen molar-refractivity contribution in [2.75, 3.05) is 0 Å². The van der Waals surface area contributed by atoms with Crippen molar-refractivity contribution in [3.05, 3.63) is 78.3 Å². The van der Waals surface area contributed by atoms with Gasteiger partial charge in [0.05, 0.1) is 13.1 Å². The molecule has 0 aliphatic carbocycles. The van der Waals surface area contributed by atoms with Gasteiger partial charge in [0.15, 0.2) is 0 Å². The lowest BCUT2D eigenvalue weighted by molar-refractivity contribution is 0.0954. The fourth-order valence-electron chi connectivity index (χ4n) is 2.30. The maximum atomic E-state index is 13.0. The normalized spacial score (nSPS) is 10.8. The maximum absolute atomic E-state index is 13.0. The van der Waals surface area contributed by atoms with E-state index in [4.69, 9.17) is 0 Å². The molecule has 0 aliphatic heterocycles. The van der Waals surface area contributed by atoms with Gasteiger partial charge in [-0.3, -0.25) is 14.2 Å². The van der Waals surface area contributed by atoms with Crippen LogP contribution in [0.5, 0.6) is 0 Å². The molecule has 0 saturated heterocycles. The zero-order chi connectivity index (χ0) is 17.1. The van der Waals surface area contributed by atoms with E-state index in [9.17, 15) is 14.0 Å². The van der Waals surface area contributed by atoms with Crippen LogP contribution < -0.4 is 10.2 Å². The van der Waals surface area contributed by atoms with Crippen LogP contribution in [0, 0.1) is 12.7 Å². The average Bonchev–Trinajstić information content (AvgIpc) is 3.18. The Morgan fingerprint density at radius 2 is 2.00 bits per heavy atom. The minimum absolute atomic E-state index is 0.196. The summed E-state index contributed by atoms with van der Waals surface area (Å²) in [5.74, 6) is -0.567. The number of hydrogen-bond donors (Lipinski definition) is 1. The van der Waals surface area contributed by atoms with Crippen molar-refractivity contribution in [3.8, 4) is 0 Å².